The highest BCUT2D eigenvalue weighted by molar-refractivity contribution is 5.68. The van der Waals surface area contributed by atoms with Gasteiger partial charge in [0.1, 0.15) is 17.2 Å². The zero-order valence-electron chi connectivity index (χ0n) is 13.7. The fourth-order valence-electron chi connectivity index (χ4n) is 2.64. The molecule has 4 nitrogen and oxygen atoms in total. The molecule has 0 unspecified atom stereocenters. The Labute approximate surface area is 135 Å². The van der Waals surface area contributed by atoms with Gasteiger partial charge in [0.25, 0.3) is 0 Å². The lowest BCUT2D eigenvalue weighted by molar-refractivity contribution is -0.0319. The predicted octanol–water partition coefficient (Wildman–Crippen LogP) is 3.27. The van der Waals surface area contributed by atoms with Gasteiger partial charge in [0, 0.05) is 19.5 Å². The molecule has 128 valence electrons. The summed E-state index contributed by atoms with van der Waals surface area (Å²) in [5, 5.41) is 10.6. The van der Waals surface area contributed by atoms with Crippen LogP contribution < -0.4 is 0 Å². The summed E-state index contributed by atoms with van der Waals surface area (Å²) in [5.41, 5.74) is -1.57. The molecule has 1 amide bonds. The number of benzene rings is 1. The lowest BCUT2D eigenvalue weighted by Gasteiger charge is -2.38. The van der Waals surface area contributed by atoms with E-state index in [1.54, 1.807) is 20.8 Å². The lowest BCUT2D eigenvalue weighted by Crippen LogP contribution is -2.49. The summed E-state index contributed by atoms with van der Waals surface area (Å²) in [6.07, 6.45) is 0.194. The van der Waals surface area contributed by atoms with E-state index in [0.29, 0.717) is 25.9 Å². The minimum atomic E-state index is -1.15. The van der Waals surface area contributed by atoms with Crippen LogP contribution in [0.3, 0.4) is 0 Å². The summed E-state index contributed by atoms with van der Waals surface area (Å²) in [4.78, 5) is 13.5. The first-order chi connectivity index (χ1) is 10.6. The van der Waals surface area contributed by atoms with Gasteiger partial charge in [0.05, 0.1) is 5.60 Å². The number of carbonyl (C=O) groups is 1. The number of carbonyl (C=O) groups excluding carboxylic acids is 1. The molecule has 0 saturated carbocycles. The zero-order chi connectivity index (χ0) is 17.3. The maximum atomic E-state index is 13.7. The Kier molecular flexibility index (Phi) is 4.94. The monoisotopic (exact) mass is 327 g/mol. The van der Waals surface area contributed by atoms with Gasteiger partial charge in [-0.1, -0.05) is 0 Å². The van der Waals surface area contributed by atoms with E-state index in [-0.39, 0.29) is 12.0 Å². The van der Waals surface area contributed by atoms with Gasteiger partial charge < -0.3 is 14.7 Å². The summed E-state index contributed by atoms with van der Waals surface area (Å²) < 4.78 is 32.3. The highest BCUT2D eigenvalue weighted by Crippen LogP contribution is 2.28. The topological polar surface area (TPSA) is 49.8 Å². The van der Waals surface area contributed by atoms with Crippen molar-refractivity contribution in [3.05, 3.63) is 35.4 Å². The molecule has 1 heterocycles. The largest absolute Gasteiger partial charge is 0.444 e. The molecular weight excluding hydrogens is 304 g/mol. The Balaban J connectivity index is 1.97. The second-order valence-corrected chi connectivity index (χ2v) is 7.10. The van der Waals surface area contributed by atoms with Gasteiger partial charge >= 0.3 is 6.09 Å². The molecule has 1 saturated heterocycles. The Morgan fingerprint density at radius 1 is 1.30 bits per heavy atom. The molecule has 1 aromatic rings. The van der Waals surface area contributed by atoms with E-state index in [1.165, 1.54) is 4.90 Å². The molecule has 23 heavy (non-hydrogen) atoms. The number of aliphatic hydroxyl groups is 1. The number of hydrogen-bond acceptors (Lipinski definition) is 3. The smallest absolute Gasteiger partial charge is 0.410 e. The molecule has 1 aliphatic rings. The summed E-state index contributed by atoms with van der Waals surface area (Å²) in [5.74, 6) is -1.06. The molecule has 1 N–H and O–H groups in total. The highest BCUT2D eigenvalue weighted by Gasteiger charge is 2.36. The number of ether oxygens (including phenoxy) is 1. The summed E-state index contributed by atoms with van der Waals surface area (Å²) >= 11 is 0. The van der Waals surface area contributed by atoms with Crippen LogP contribution in [-0.4, -0.2) is 40.4 Å². The number of piperidine rings is 1. The molecule has 0 aliphatic carbocycles. The average Bonchev–Trinajstić information content (AvgIpc) is 2.41. The van der Waals surface area contributed by atoms with Crippen molar-refractivity contribution in [2.75, 3.05) is 13.1 Å². The van der Waals surface area contributed by atoms with Crippen molar-refractivity contribution in [2.45, 2.75) is 51.2 Å². The Bertz CT molecular complexity index is 576. The highest BCUT2D eigenvalue weighted by atomic mass is 19.1. The number of hydrogen-bond donors (Lipinski definition) is 1. The van der Waals surface area contributed by atoms with E-state index in [9.17, 15) is 18.7 Å². The quantitative estimate of drug-likeness (QED) is 0.907. The number of likely N-dealkylation sites (tertiary alicyclic amines) is 1. The minimum absolute atomic E-state index is 0.0265. The van der Waals surface area contributed by atoms with Crippen LogP contribution in [0.1, 0.15) is 39.2 Å². The second kappa shape index (κ2) is 6.43. The van der Waals surface area contributed by atoms with Crippen molar-refractivity contribution in [3.63, 3.8) is 0 Å². The predicted molar refractivity (Wildman–Crippen MR) is 82.1 cm³/mol. The summed E-state index contributed by atoms with van der Waals surface area (Å²) in [6, 6.07) is 3.21. The lowest BCUT2D eigenvalue weighted by atomic mass is 9.85. The summed E-state index contributed by atoms with van der Waals surface area (Å²) in [7, 11) is 0. The van der Waals surface area contributed by atoms with Crippen molar-refractivity contribution < 1.29 is 23.4 Å². The van der Waals surface area contributed by atoms with Gasteiger partial charge in [-0.3, -0.25) is 0 Å². The zero-order valence-corrected chi connectivity index (χ0v) is 13.7. The van der Waals surface area contributed by atoms with Crippen LogP contribution in [0.25, 0.3) is 0 Å². The number of amides is 1. The van der Waals surface area contributed by atoms with Gasteiger partial charge in [-0.25, -0.2) is 13.6 Å². The molecule has 2 rings (SSSR count). The van der Waals surface area contributed by atoms with E-state index in [0.717, 1.165) is 18.2 Å². The molecule has 1 aliphatic heterocycles. The molecule has 0 spiro atoms. The molecule has 0 radical (unpaired) electrons. The van der Waals surface area contributed by atoms with Gasteiger partial charge in [-0.2, -0.15) is 0 Å². The van der Waals surface area contributed by atoms with Gasteiger partial charge in [0.15, 0.2) is 0 Å². The van der Waals surface area contributed by atoms with Crippen LogP contribution >= 0.6 is 0 Å². The standard InChI is InChI=1S/C17H23F2NO3/c1-16(2,3)23-15(21)20-8-6-17(22,7-9-20)11-12-10-13(18)4-5-14(12)19/h4-5,10,22H,6-9,11H2,1-3H3. The van der Waals surface area contributed by atoms with Crippen molar-refractivity contribution >= 4 is 6.09 Å². The molecule has 1 aromatic carbocycles. The number of halogens is 2. The normalized spacial score (nSPS) is 17.9. The van der Waals surface area contributed by atoms with Crippen molar-refractivity contribution in [2.24, 2.45) is 0 Å². The van der Waals surface area contributed by atoms with Crippen LogP contribution in [-0.2, 0) is 11.2 Å². The molecule has 0 bridgehead atoms. The van der Waals surface area contributed by atoms with Crippen LogP contribution in [0.15, 0.2) is 18.2 Å². The molecule has 6 heteroatoms. The maximum absolute atomic E-state index is 13.7. The van der Waals surface area contributed by atoms with E-state index < -0.39 is 28.9 Å². The van der Waals surface area contributed by atoms with E-state index in [1.807, 2.05) is 0 Å². The second-order valence-electron chi connectivity index (χ2n) is 7.10. The number of nitrogens with zero attached hydrogens (tertiary/aromatic N) is 1. The molecule has 1 fully saturated rings. The third-order valence-electron chi connectivity index (χ3n) is 3.87. The van der Waals surface area contributed by atoms with Crippen LogP contribution in [0.2, 0.25) is 0 Å². The first-order valence-corrected chi connectivity index (χ1v) is 7.72. The Morgan fingerprint density at radius 3 is 2.48 bits per heavy atom. The molecule has 0 aromatic heterocycles. The van der Waals surface area contributed by atoms with Gasteiger partial charge in [-0.05, 0) is 57.4 Å². The van der Waals surface area contributed by atoms with Crippen LogP contribution in [0.4, 0.5) is 13.6 Å². The first-order valence-electron chi connectivity index (χ1n) is 7.72. The summed E-state index contributed by atoms with van der Waals surface area (Å²) in [6.45, 7) is 6.01. The van der Waals surface area contributed by atoms with Crippen molar-refractivity contribution in [3.8, 4) is 0 Å². The van der Waals surface area contributed by atoms with Crippen LogP contribution in [0.5, 0.6) is 0 Å². The van der Waals surface area contributed by atoms with E-state index in [4.69, 9.17) is 4.74 Å². The van der Waals surface area contributed by atoms with Crippen molar-refractivity contribution in [1.82, 2.24) is 4.90 Å². The fourth-order valence-corrected chi connectivity index (χ4v) is 2.64. The Hall–Kier alpha value is -1.69. The Morgan fingerprint density at radius 2 is 1.91 bits per heavy atom. The van der Waals surface area contributed by atoms with Crippen LogP contribution in [0, 0.1) is 11.6 Å². The third kappa shape index (κ3) is 4.89. The van der Waals surface area contributed by atoms with E-state index in [2.05, 4.69) is 0 Å². The maximum Gasteiger partial charge on any atom is 0.410 e. The van der Waals surface area contributed by atoms with Gasteiger partial charge in [0.2, 0.25) is 0 Å². The average molecular weight is 327 g/mol. The van der Waals surface area contributed by atoms with E-state index >= 15 is 0 Å². The van der Waals surface area contributed by atoms with Gasteiger partial charge in [-0.15, -0.1) is 0 Å². The molecule has 0 atom stereocenters. The van der Waals surface area contributed by atoms with Crippen molar-refractivity contribution in [1.29, 1.82) is 0 Å². The third-order valence-corrected chi connectivity index (χ3v) is 3.87. The minimum Gasteiger partial charge on any atom is -0.444 e. The first kappa shape index (κ1) is 17.7. The fraction of sp³-hybridized carbons (Fsp3) is 0.588. The molecular formula is C17H23F2NO3. The SMILES string of the molecule is CC(C)(C)OC(=O)N1CCC(O)(Cc2cc(F)ccc2F)CC1. The number of rotatable bonds is 2.